The number of amides is 2. The zero-order valence-corrected chi connectivity index (χ0v) is 27.3. The molecule has 0 fully saturated rings. The molecule has 13 heteroatoms. The van der Waals surface area contributed by atoms with E-state index in [2.05, 4.69) is 20.6 Å². The summed E-state index contributed by atoms with van der Waals surface area (Å²) in [7, 11) is 0. The first-order valence-corrected chi connectivity index (χ1v) is 16.3. The zero-order chi connectivity index (χ0) is 31.5. The Morgan fingerprint density at radius 3 is 1.33 bits per heavy atom. The number of nitrogens with one attached hydrogen (secondary N) is 2. The number of aromatic nitrogens is 2. The fourth-order valence-corrected chi connectivity index (χ4v) is 6.09. The first kappa shape index (κ1) is 31.0. The Hall–Kier alpha value is -3.96. The molecule has 2 heterocycles. The van der Waals surface area contributed by atoms with Crippen LogP contribution >= 0.6 is 69.1 Å². The summed E-state index contributed by atoms with van der Waals surface area (Å²) < 4.78 is 5.90. The standard InChI is InChI=1S/C32H18Cl4N4O3S2/c33-23-11-5-19(13-25(23)35)27-15-44-31(37-27)39-29(41)17-1-7-21(8-2-17)43-22-9-3-18(4-10-22)30(42)40-32-38-28(16-45-32)20-6-12-24(34)26(36)14-20/h1-16H,(H,37,39,41)(H,38,40,42). The van der Waals surface area contributed by atoms with E-state index in [0.29, 0.717) is 64.4 Å². The van der Waals surface area contributed by atoms with Gasteiger partial charge < -0.3 is 4.74 Å². The molecule has 0 aliphatic rings. The number of rotatable bonds is 8. The summed E-state index contributed by atoms with van der Waals surface area (Å²) in [5, 5.41) is 12.0. The van der Waals surface area contributed by atoms with Crippen LogP contribution in [0.4, 0.5) is 10.3 Å². The molecule has 0 aliphatic carbocycles. The Kier molecular flexibility index (Phi) is 9.37. The van der Waals surface area contributed by atoms with Gasteiger partial charge in [0.25, 0.3) is 11.8 Å². The summed E-state index contributed by atoms with van der Waals surface area (Å²) >= 11 is 26.8. The smallest absolute Gasteiger partial charge is 0.257 e. The molecule has 0 atom stereocenters. The van der Waals surface area contributed by atoms with E-state index in [4.69, 9.17) is 51.1 Å². The highest BCUT2D eigenvalue weighted by Gasteiger charge is 2.13. The number of carbonyl (C=O) groups excluding carboxylic acids is 2. The molecule has 45 heavy (non-hydrogen) atoms. The van der Waals surface area contributed by atoms with Crippen LogP contribution in [-0.2, 0) is 0 Å². The lowest BCUT2D eigenvalue weighted by atomic mass is 10.2. The predicted molar refractivity (Wildman–Crippen MR) is 184 cm³/mol. The molecule has 0 bridgehead atoms. The number of nitrogens with zero attached hydrogens (tertiary/aromatic N) is 2. The monoisotopic (exact) mass is 710 g/mol. The van der Waals surface area contributed by atoms with Crippen LogP contribution in [0.15, 0.2) is 95.7 Å². The summed E-state index contributed by atoms with van der Waals surface area (Å²) in [5.74, 6) is 0.433. The number of benzene rings is 4. The van der Waals surface area contributed by atoms with Crippen LogP contribution in [-0.4, -0.2) is 21.8 Å². The first-order valence-electron chi connectivity index (χ1n) is 13.0. The van der Waals surface area contributed by atoms with E-state index in [1.165, 1.54) is 22.7 Å². The van der Waals surface area contributed by atoms with E-state index in [-0.39, 0.29) is 11.8 Å². The van der Waals surface area contributed by atoms with Gasteiger partial charge in [0.05, 0.1) is 31.5 Å². The molecule has 6 rings (SSSR count). The molecule has 7 nitrogen and oxygen atoms in total. The van der Waals surface area contributed by atoms with Gasteiger partial charge in [0.1, 0.15) is 11.5 Å². The average Bonchev–Trinajstić information content (AvgIpc) is 3.70. The zero-order valence-electron chi connectivity index (χ0n) is 22.7. The summed E-state index contributed by atoms with van der Waals surface area (Å²) in [6.07, 6.45) is 0. The maximum absolute atomic E-state index is 12.8. The molecule has 0 aliphatic heterocycles. The molecule has 2 aromatic heterocycles. The van der Waals surface area contributed by atoms with Crippen molar-refractivity contribution in [2.24, 2.45) is 0 Å². The van der Waals surface area contributed by atoms with Crippen LogP contribution in [0.25, 0.3) is 22.5 Å². The van der Waals surface area contributed by atoms with E-state index >= 15 is 0 Å². The SMILES string of the molecule is O=C(Nc1nc(-c2ccc(Cl)c(Cl)c2)cs1)c1ccc(Oc2ccc(C(=O)Nc3nc(-c4ccc(Cl)c(Cl)c4)cs3)cc2)cc1. The van der Waals surface area contributed by atoms with Gasteiger partial charge in [0.2, 0.25) is 0 Å². The molecule has 0 radical (unpaired) electrons. The van der Waals surface area contributed by atoms with Crippen molar-refractivity contribution in [1.29, 1.82) is 0 Å². The van der Waals surface area contributed by atoms with E-state index in [1.807, 2.05) is 22.9 Å². The van der Waals surface area contributed by atoms with E-state index in [1.54, 1.807) is 72.8 Å². The van der Waals surface area contributed by atoms with Crippen LogP contribution in [0.2, 0.25) is 20.1 Å². The topological polar surface area (TPSA) is 93.2 Å². The Morgan fingerprint density at radius 2 is 0.956 bits per heavy atom. The normalized spacial score (nSPS) is 10.8. The van der Waals surface area contributed by atoms with Crippen LogP contribution < -0.4 is 15.4 Å². The number of hydrogen-bond acceptors (Lipinski definition) is 7. The molecule has 2 amide bonds. The Balaban J connectivity index is 1.03. The lowest BCUT2D eigenvalue weighted by molar-refractivity contribution is 0.101. The second kappa shape index (κ2) is 13.6. The molecule has 0 spiro atoms. The van der Waals surface area contributed by atoms with Crippen LogP contribution in [0, 0.1) is 0 Å². The lowest BCUT2D eigenvalue weighted by Crippen LogP contribution is -2.11. The third kappa shape index (κ3) is 7.48. The number of hydrogen-bond donors (Lipinski definition) is 2. The van der Waals surface area contributed by atoms with Crippen molar-refractivity contribution in [2.45, 2.75) is 0 Å². The van der Waals surface area contributed by atoms with Crippen LogP contribution in [0.5, 0.6) is 11.5 Å². The van der Waals surface area contributed by atoms with Gasteiger partial charge in [-0.3, -0.25) is 20.2 Å². The molecule has 2 N–H and O–H groups in total. The van der Waals surface area contributed by atoms with Gasteiger partial charge in [-0.05, 0) is 72.8 Å². The van der Waals surface area contributed by atoms with Crippen molar-refractivity contribution in [3.8, 4) is 34.0 Å². The molecule has 0 saturated heterocycles. The Bertz CT molecular complexity index is 1880. The molecule has 0 saturated carbocycles. The van der Waals surface area contributed by atoms with Gasteiger partial charge in [-0.2, -0.15) is 0 Å². The third-order valence-corrected chi connectivity index (χ3v) is 9.34. The van der Waals surface area contributed by atoms with E-state index in [0.717, 1.165) is 11.1 Å². The molecule has 0 unspecified atom stereocenters. The number of thiazole rings is 2. The summed E-state index contributed by atoms with van der Waals surface area (Å²) in [5.41, 5.74) is 3.82. The maximum Gasteiger partial charge on any atom is 0.257 e. The Labute approximate surface area is 285 Å². The van der Waals surface area contributed by atoms with Gasteiger partial charge in [0, 0.05) is 33.0 Å². The van der Waals surface area contributed by atoms with Crippen LogP contribution in [0.1, 0.15) is 20.7 Å². The second-order valence-electron chi connectivity index (χ2n) is 9.39. The maximum atomic E-state index is 12.8. The quantitative estimate of drug-likeness (QED) is 0.164. The van der Waals surface area contributed by atoms with Gasteiger partial charge >= 0.3 is 0 Å². The first-order chi connectivity index (χ1) is 21.7. The van der Waals surface area contributed by atoms with Crippen LogP contribution in [0.3, 0.4) is 0 Å². The van der Waals surface area contributed by atoms with Crippen molar-refractivity contribution in [3.63, 3.8) is 0 Å². The van der Waals surface area contributed by atoms with E-state index in [9.17, 15) is 9.59 Å². The van der Waals surface area contributed by atoms with E-state index < -0.39 is 0 Å². The minimum atomic E-state index is -0.309. The molecule has 4 aromatic carbocycles. The summed E-state index contributed by atoms with van der Waals surface area (Å²) in [6.45, 7) is 0. The Morgan fingerprint density at radius 1 is 0.556 bits per heavy atom. The minimum Gasteiger partial charge on any atom is -0.457 e. The molecular weight excluding hydrogens is 694 g/mol. The summed E-state index contributed by atoms with van der Waals surface area (Å²) in [6, 6.07) is 23.8. The number of ether oxygens (including phenoxy) is 1. The van der Waals surface area contributed by atoms with Crippen molar-refractivity contribution in [2.75, 3.05) is 10.6 Å². The molecule has 224 valence electrons. The van der Waals surface area contributed by atoms with Gasteiger partial charge in [-0.1, -0.05) is 58.5 Å². The van der Waals surface area contributed by atoms with Gasteiger partial charge in [-0.15, -0.1) is 22.7 Å². The molecule has 6 aromatic rings. The highest BCUT2D eigenvalue weighted by molar-refractivity contribution is 7.14. The van der Waals surface area contributed by atoms with Gasteiger partial charge in [0.15, 0.2) is 10.3 Å². The fraction of sp³-hybridized carbons (Fsp3) is 0. The van der Waals surface area contributed by atoms with Crippen molar-refractivity contribution in [3.05, 3.63) is 127 Å². The molecular formula is C32H18Cl4N4O3S2. The van der Waals surface area contributed by atoms with Crippen molar-refractivity contribution >= 4 is 91.2 Å². The highest BCUT2D eigenvalue weighted by atomic mass is 35.5. The average molecular weight is 712 g/mol. The number of halogens is 4. The lowest BCUT2D eigenvalue weighted by Gasteiger charge is -2.08. The van der Waals surface area contributed by atoms with Gasteiger partial charge in [-0.25, -0.2) is 9.97 Å². The summed E-state index contributed by atoms with van der Waals surface area (Å²) in [4.78, 5) is 34.5. The minimum absolute atomic E-state index is 0.309. The largest absolute Gasteiger partial charge is 0.457 e. The fourth-order valence-electron chi connectivity index (χ4n) is 4.06. The third-order valence-electron chi connectivity index (χ3n) is 6.35. The van der Waals surface area contributed by atoms with Crippen molar-refractivity contribution in [1.82, 2.24) is 9.97 Å². The number of anilines is 2. The highest BCUT2D eigenvalue weighted by Crippen LogP contribution is 2.32. The van der Waals surface area contributed by atoms with Crippen molar-refractivity contribution < 1.29 is 14.3 Å². The second-order valence-corrected chi connectivity index (χ2v) is 12.7. The number of carbonyl (C=O) groups is 2. The predicted octanol–water partition coefficient (Wildman–Crippen LogP) is 10.8.